The number of carbonyl (C=O) groups is 1. The van der Waals surface area contributed by atoms with Crippen molar-refractivity contribution < 1.29 is 9.53 Å². The summed E-state index contributed by atoms with van der Waals surface area (Å²) in [5, 5.41) is 2.86. The molecule has 19 heavy (non-hydrogen) atoms. The summed E-state index contributed by atoms with van der Waals surface area (Å²) in [4.78, 5) is 12.0. The van der Waals surface area contributed by atoms with Gasteiger partial charge in [-0.05, 0) is 31.9 Å². The Labute approximate surface area is 114 Å². The maximum atomic E-state index is 12.0. The van der Waals surface area contributed by atoms with Crippen LogP contribution in [0.15, 0.2) is 18.2 Å². The zero-order valence-electron chi connectivity index (χ0n) is 11.7. The highest BCUT2D eigenvalue weighted by Crippen LogP contribution is 2.15. The van der Waals surface area contributed by atoms with Crippen LogP contribution >= 0.6 is 0 Å². The third kappa shape index (κ3) is 5.28. The number of rotatable bonds is 8. The Balaban J connectivity index is 2.43. The zero-order chi connectivity index (χ0) is 14.1. The molecule has 0 spiro atoms. The Morgan fingerprint density at radius 3 is 2.84 bits per heavy atom. The second kappa shape index (κ2) is 8.50. The number of hydrogen-bond donors (Lipinski definition) is 3. The molecule has 0 aliphatic heterocycles. The van der Waals surface area contributed by atoms with Crippen LogP contribution in [0.1, 0.15) is 35.7 Å². The first-order chi connectivity index (χ1) is 9.19. The third-order valence-corrected chi connectivity index (χ3v) is 2.67. The number of nitrogens with two attached hydrogens (primary N) is 1. The molecule has 0 aliphatic rings. The van der Waals surface area contributed by atoms with Gasteiger partial charge in [-0.25, -0.2) is 0 Å². The Morgan fingerprint density at radius 2 is 2.16 bits per heavy atom. The molecule has 1 amide bonds. The van der Waals surface area contributed by atoms with E-state index in [1.807, 2.05) is 19.1 Å². The highest BCUT2D eigenvalue weighted by molar-refractivity contribution is 5.99. The van der Waals surface area contributed by atoms with Crippen molar-refractivity contribution in [1.29, 1.82) is 0 Å². The Bertz CT molecular complexity index is 408. The summed E-state index contributed by atoms with van der Waals surface area (Å²) >= 11 is 0. The first-order valence-electron chi connectivity index (χ1n) is 6.62. The van der Waals surface area contributed by atoms with Gasteiger partial charge in [-0.1, -0.05) is 18.6 Å². The predicted octanol–water partition coefficient (Wildman–Crippen LogP) is 1.83. The Kier molecular flexibility index (Phi) is 6.92. The third-order valence-electron chi connectivity index (χ3n) is 2.67. The molecule has 0 unspecified atom stereocenters. The van der Waals surface area contributed by atoms with Crippen LogP contribution in [0.25, 0.3) is 0 Å². The molecule has 0 radical (unpaired) electrons. The van der Waals surface area contributed by atoms with Crippen LogP contribution in [0, 0.1) is 6.92 Å². The van der Waals surface area contributed by atoms with E-state index >= 15 is 0 Å². The molecule has 0 atom stereocenters. The maximum Gasteiger partial charge on any atom is 0.253 e. The molecule has 4 N–H and O–H groups in total. The molecule has 0 bridgehead atoms. The van der Waals surface area contributed by atoms with Crippen molar-refractivity contribution in [3.63, 3.8) is 0 Å². The number of ether oxygens (including phenoxy) is 1. The number of nitrogen functional groups attached to an aromatic ring is 1. The number of aryl methyl sites for hydroxylation is 1. The first kappa shape index (κ1) is 15.5. The summed E-state index contributed by atoms with van der Waals surface area (Å²) in [5.74, 6) is 5.28. The van der Waals surface area contributed by atoms with Crippen molar-refractivity contribution in [3.05, 3.63) is 29.3 Å². The number of anilines is 1. The summed E-state index contributed by atoms with van der Waals surface area (Å²) in [6.07, 6.45) is 1.82. The van der Waals surface area contributed by atoms with Crippen molar-refractivity contribution in [2.75, 3.05) is 25.2 Å². The summed E-state index contributed by atoms with van der Waals surface area (Å²) in [7, 11) is 0. The fourth-order valence-corrected chi connectivity index (χ4v) is 1.69. The van der Waals surface area contributed by atoms with E-state index in [0.29, 0.717) is 24.4 Å². The van der Waals surface area contributed by atoms with Gasteiger partial charge in [0.2, 0.25) is 0 Å². The van der Waals surface area contributed by atoms with E-state index in [1.54, 1.807) is 6.07 Å². The van der Waals surface area contributed by atoms with Crippen molar-refractivity contribution in [2.24, 2.45) is 5.84 Å². The maximum absolute atomic E-state index is 12.0. The minimum absolute atomic E-state index is 0.118. The van der Waals surface area contributed by atoms with Crippen LogP contribution in [-0.4, -0.2) is 25.7 Å². The number of hydrogen-bond acceptors (Lipinski definition) is 4. The number of nitrogens with one attached hydrogen (secondary N) is 2. The fourth-order valence-electron chi connectivity index (χ4n) is 1.69. The molecule has 5 nitrogen and oxygen atoms in total. The van der Waals surface area contributed by atoms with Gasteiger partial charge in [-0.15, -0.1) is 0 Å². The number of carbonyl (C=O) groups excluding carboxylic acids is 1. The highest BCUT2D eigenvalue weighted by Gasteiger charge is 2.10. The number of hydrazine groups is 1. The molecular weight excluding hydrogens is 242 g/mol. The summed E-state index contributed by atoms with van der Waals surface area (Å²) in [5.41, 5.74) is 4.76. The van der Waals surface area contributed by atoms with Crippen LogP contribution in [0.3, 0.4) is 0 Å². The van der Waals surface area contributed by atoms with Gasteiger partial charge in [0.05, 0.1) is 11.3 Å². The van der Waals surface area contributed by atoms with Crippen LogP contribution in [0.4, 0.5) is 5.69 Å². The molecule has 0 fully saturated rings. The molecular formula is C14H23N3O2. The van der Waals surface area contributed by atoms with Gasteiger partial charge >= 0.3 is 0 Å². The van der Waals surface area contributed by atoms with E-state index in [2.05, 4.69) is 17.7 Å². The lowest BCUT2D eigenvalue weighted by Gasteiger charge is -2.10. The van der Waals surface area contributed by atoms with Crippen molar-refractivity contribution in [1.82, 2.24) is 5.32 Å². The second-order valence-corrected chi connectivity index (χ2v) is 4.42. The lowest BCUT2D eigenvalue weighted by Crippen LogP contribution is -2.27. The molecule has 0 aromatic heterocycles. The van der Waals surface area contributed by atoms with Gasteiger partial charge in [-0.3, -0.25) is 10.6 Å². The molecule has 106 valence electrons. The lowest BCUT2D eigenvalue weighted by molar-refractivity contribution is 0.0942. The summed E-state index contributed by atoms with van der Waals surface area (Å²) in [6.45, 7) is 6.05. The van der Waals surface area contributed by atoms with E-state index in [9.17, 15) is 4.79 Å². The largest absolute Gasteiger partial charge is 0.381 e. The van der Waals surface area contributed by atoms with E-state index in [4.69, 9.17) is 10.6 Å². The summed E-state index contributed by atoms with van der Waals surface area (Å²) < 4.78 is 5.35. The Hall–Kier alpha value is -1.59. The van der Waals surface area contributed by atoms with Gasteiger partial charge in [0, 0.05) is 19.8 Å². The zero-order valence-corrected chi connectivity index (χ0v) is 11.7. The van der Waals surface area contributed by atoms with Crippen molar-refractivity contribution >= 4 is 11.6 Å². The lowest BCUT2D eigenvalue weighted by atomic mass is 10.1. The minimum atomic E-state index is -0.118. The Morgan fingerprint density at radius 1 is 1.37 bits per heavy atom. The molecule has 0 saturated carbocycles. The fraction of sp³-hybridized carbons (Fsp3) is 0.500. The second-order valence-electron chi connectivity index (χ2n) is 4.42. The quantitative estimate of drug-likeness (QED) is 0.381. The van der Waals surface area contributed by atoms with Crippen molar-refractivity contribution in [2.45, 2.75) is 26.7 Å². The standard InChI is InChI=1S/C14H23N3O2/c1-3-8-19-9-4-7-16-14(18)12-10-11(2)5-6-13(12)17-15/h5-6,10,17H,3-4,7-9,15H2,1-2H3,(H,16,18). The molecule has 0 aliphatic carbocycles. The molecule has 1 aromatic rings. The van der Waals surface area contributed by atoms with Crippen LogP contribution in [0.5, 0.6) is 0 Å². The minimum Gasteiger partial charge on any atom is -0.381 e. The van der Waals surface area contributed by atoms with E-state index in [-0.39, 0.29) is 5.91 Å². The first-order valence-corrected chi connectivity index (χ1v) is 6.62. The monoisotopic (exact) mass is 265 g/mol. The van der Waals surface area contributed by atoms with Crippen LogP contribution < -0.4 is 16.6 Å². The van der Waals surface area contributed by atoms with E-state index < -0.39 is 0 Å². The van der Waals surface area contributed by atoms with Crippen molar-refractivity contribution in [3.8, 4) is 0 Å². The molecule has 0 heterocycles. The normalized spacial score (nSPS) is 10.3. The van der Waals surface area contributed by atoms with Gasteiger partial charge in [0.25, 0.3) is 5.91 Å². The van der Waals surface area contributed by atoms with Gasteiger partial charge in [-0.2, -0.15) is 0 Å². The topological polar surface area (TPSA) is 76.4 Å². The smallest absolute Gasteiger partial charge is 0.253 e. The average Bonchev–Trinajstić information content (AvgIpc) is 2.42. The van der Waals surface area contributed by atoms with Gasteiger partial charge < -0.3 is 15.5 Å². The summed E-state index contributed by atoms with van der Waals surface area (Å²) in [6, 6.07) is 5.53. The van der Waals surface area contributed by atoms with Gasteiger partial charge in [0.15, 0.2) is 0 Å². The highest BCUT2D eigenvalue weighted by atomic mass is 16.5. The number of benzene rings is 1. The van der Waals surface area contributed by atoms with Crippen LogP contribution in [0.2, 0.25) is 0 Å². The molecule has 5 heteroatoms. The molecule has 1 aromatic carbocycles. The van der Waals surface area contributed by atoms with E-state index in [1.165, 1.54) is 0 Å². The molecule has 1 rings (SSSR count). The number of amides is 1. The molecule has 0 saturated heterocycles. The van der Waals surface area contributed by atoms with E-state index in [0.717, 1.165) is 25.0 Å². The average molecular weight is 265 g/mol. The SMILES string of the molecule is CCCOCCCNC(=O)c1cc(C)ccc1NN. The van der Waals surface area contributed by atoms with Gasteiger partial charge in [0.1, 0.15) is 0 Å². The predicted molar refractivity (Wildman–Crippen MR) is 77.0 cm³/mol. The van der Waals surface area contributed by atoms with Crippen LogP contribution in [-0.2, 0) is 4.74 Å².